The van der Waals surface area contributed by atoms with Gasteiger partial charge in [0.2, 0.25) is 0 Å². The Morgan fingerprint density at radius 1 is 1.18 bits per heavy atom. The molecule has 1 aliphatic rings. The first kappa shape index (κ1) is 12.1. The standard InChI is InChI=1S/C14H19N3/c15-11-14(16,13-7-3-1-4-8-13)12-17-9-5-2-6-10-17/h1,3-4,7-8H,2,5-6,9-10,12,16H2. The van der Waals surface area contributed by atoms with Crippen LogP contribution < -0.4 is 5.73 Å². The van der Waals surface area contributed by atoms with Crippen LogP contribution in [0.4, 0.5) is 0 Å². The highest BCUT2D eigenvalue weighted by atomic mass is 15.1. The van der Waals surface area contributed by atoms with E-state index in [2.05, 4.69) is 11.0 Å². The normalized spacial score (nSPS) is 20.5. The van der Waals surface area contributed by atoms with Crippen LogP contribution in [0, 0.1) is 11.3 Å². The zero-order valence-corrected chi connectivity index (χ0v) is 10.1. The van der Waals surface area contributed by atoms with E-state index in [1.54, 1.807) is 0 Å². The summed E-state index contributed by atoms with van der Waals surface area (Å²) in [4.78, 5) is 2.31. The lowest BCUT2D eigenvalue weighted by molar-refractivity contribution is 0.198. The van der Waals surface area contributed by atoms with E-state index in [1.807, 2.05) is 30.3 Å². The average Bonchev–Trinajstić information content (AvgIpc) is 2.41. The Morgan fingerprint density at radius 2 is 1.82 bits per heavy atom. The van der Waals surface area contributed by atoms with Gasteiger partial charge in [-0.15, -0.1) is 0 Å². The molecule has 1 saturated heterocycles. The molecule has 0 saturated carbocycles. The predicted octanol–water partition coefficient (Wildman–Crippen LogP) is 1.85. The molecule has 1 heterocycles. The van der Waals surface area contributed by atoms with Crippen molar-refractivity contribution in [1.82, 2.24) is 4.90 Å². The van der Waals surface area contributed by atoms with Gasteiger partial charge in [0, 0.05) is 6.54 Å². The van der Waals surface area contributed by atoms with Crippen molar-refractivity contribution in [2.24, 2.45) is 5.73 Å². The van der Waals surface area contributed by atoms with Gasteiger partial charge in [-0.1, -0.05) is 36.8 Å². The first-order valence-corrected chi connectivity index (χ1v) is 6.23. The third-order valence-electron chi connectivity index (χ3n) is 3.41. The number of nitrogens with two attached hydrogens (primary N) is 1. The zero-order valence-electron chi connectivity index (χ0n) is 10.1. The molecule has 0 bridgehead atoms. The van der Waals surface area contributed by atoms with Crippen LogP contribution in [0.3, 0.4) is 0 Å². The Bertz CT molecular complexity index is 390. The second kappa shape index (κ2) is 5.31. The molecule has 1 atom stereocenters. The Morgan fingerprint density at radius 3 is 2.41 bits per heavy atom. The Balaban J connectivity index is 2.12. The SMILES string of the molecule is N#CC(N)(CN1CCCCC1)c1ccccc1. The van der Waals surface area contributed by atoms with Crippen LogP contribution in [0.2, 0.25) is 0 Å². The van der Waals surface area contributed by atoms with Crippen molar-refractivity contribution in [3.8, 4) is 6.07 Å². The summed E-state index contributed by atoms with van der Waals surface area (Å²) in [6, 6.07) is 12.0. The van der Waals surface area contributed by atoms with E-state index in [4.69, 9.17) is 5.73 Å². The van der Waals surface area contributed by atoms with E-state index in [9.17, 15) is 5.26 Å². The smallest absolute Gasteiger partial charge is 0.142 e. The molecule has 1 aromatic rings. The third-order valence-corrected chi connectivity index (χ3v) is 3.41. The molecule has 3 nitrogen and oxygen atoms in total. The number of nitriles is 1. The molecular formula is C14H19N3. The molecule has 0 spiro atoms. The second-order valence-electron chi connectivity index (χ2n) is 4.79. The van der Waals surface area contributed by atoms with Crippen molar-refractivity contribution in [1.29, 1.82) is 5.26 Å². The first-order valence-electron chi connectivity index (χ1n) is 6.23. The molecular weight excluding hydrogens is 210 g/mol. The van der Waals surface area contributed by atoms with Crippen LogP contribution in [0.5, 0.6) is 0 Å². The molecule has 0 radical (unpaired) electrons. The molecule has 1 aromatic carbocycles. The van der Waals surface area contributed by atoms with Crippen LogP contribution in [-0.4, -0.2) is 24.5 Å². The predicted molar refractivity (Wildman–Crippen MR) is 68.2 cm³/mol. The number of benzene rings is 1. The van der Waals surface area contributed by atoms with E-state index in [0.717, 1.165) is 18.7 Å². The monoisotopic (exact) mass is 229 g/mol. The van der Waals surface area contributed by atoms with Crippen molar-refractivity contribution in [3.63, 3.8) is 0 Å². The van der Waals surface area contributed by atoms with Crippen molar-refractivity contribution in [2.75, 3.05) is 19.6 Å². The van der Waals surface area contributed by atoms with Gasteiger partial charge in [0.15, 0.2) is 0 Å². The lowest BCUT2D eigenvalue weighted by Crippen LogP contribution is -2.48. The number of rotatable bonds is 3. The van der Waals surface area contributed by atoms with Crippen LogP contribution in [0.25, 0.3) is 0 Å². The molecule has 90 valence electrons. The minimum Gasteiger partial charge on any atom is -0.309 e. The lowest BCUT2D eigenvalue weighted by atomic mass is 9.91. The maximum Gasteiger partial charge on any atom is 0.142 e. The summed E-state index contributed by atoms with van der Waals surface area (Å²) < 4.78 is 0. The minimum absolute atomic E-state index is 0.632. The average molecular weight is 229 g/mol. The minimum atomic E-state index is -0.876. The van der Waals surface area contributed by atoms with Gasteiger partial charge in [0.1, 0.15) is 5.54 Å². The molecule has 0 aromatic heterocycles. The van der Waals surface area contributed by atoms with Gasteiger partial charge in [-0.2, -0.15) is 5.26 Å². The highest BCUT2D eigenvalue weighted by Crippen LogP contribution is 2.20. The Labute approximate surface area is 103 Å². The van der Waals surface area contributed by atoms with Gasteiger partial charge in [0.25, 0.3) is 0 Å². The van der Waals surface area contributed by atoms with Crippen molar-refractivity contribution in [3.05, 3.63) is 35.9 Å². The van der Waals surface area contributed by atoms with Crippen molar-refractivity contribution < 1.29 is 0 Å². The number of nitrogens with zero attached hydrogens (tertiary/aromatic N) is 2. The van der Waals surface area contributed by atoms with Gasteiger partial charge < -0.3 is 10.6 Å². The molecule has 1 aliphatic heterocycles. The van der Waals surface area contributed by atoms with Crippen molar-refractivity contribution >= 4 is 0 Å². The summed E-state index contributed by atoms with van der Waals surface area (Å²) in [6.45, 7) is 2.76. The van der Waals surface area contributed by atoms with Crippen LogP contribution in [0.15, 0.2) is 30.3 Å². The van der Waals surface area contributed by atoms with Gasteiger partial charge in [-0.25, -0.2) is 0 Å². The van der Waals surface area contributed by atoms with Gasteiger partial charge in [0.05, 0.1) is 6.07 Å². The summed E-state index contributed by atoms with van der Waals surface area (Å²) >= 11 is 0. The van der Waals surface area contributed by atoms with Crippen LogP contribution in [-0.2, 0) is 5.54 Å². The summed E-state index contributed by atoms with van der Waals surface area (Å²) in [7, 11) is 0. The summed E-state index contributed by atoms with van der Waals surface area (Å²) in [5.41, 5.74) is 6.28. The number of likely N-dealkylation sites (tertiary alicyclic amines) is 1. The molecule has 2 rings (SSSR count). The summed E-state index contributed by atoms with van der Waals surface area (Å²) in [6.07, 6.45) is 3.73. The van der Waals surface area contributed by atoms with Crippen molar-refractivity contribution in [2.45, 2.75) is 24.8 Å². The van der Waals surface area contributed by atoms with E-state index in [-0.39, 0.29) is 0 Å². The Hall–Kier alpha value is -1.37. The summed E-state index contributed by atoms with van der Waals surface area (Å²) in [5.74, 6) is 0. The molecule has 2 N–H and O–H groups in total. The molecule has 17 heavy (non-hydrogen) atoms. The van der Waals surface area contributed by atoms with E-state index >= 15 is 0 Å². The zero-order chi connectivity index (χ0) is 12.1. The maximum atomic E-state index is 9.37. The Kier molecular flexibility index (Phi) is 3.78. The third kappa shape index (κ3) is 2.85. The molecule has 1 fully saturated rings. The fourth-order valence-corrected chi connectivity index (χ4v) is 2.40. The maximum absolute atomic E-state index is 9.37. The van der Waals surface area contributed by atoms with Crippen LogP contribution >= 0.6 is 0 Å². The summed E-state index contributed by atoms with van der Waals surface area (Å²) in [5, 5.41) is 9.37. The number of hydrogen-bond acceptors (Lipinski definition) is 3. The lowest BCUT2D eigenvalue weighted by Gasteiger charge is -2.33. The van der Waals surface area contributed by atoms with Gasteiger partial charge in [-0.05, 0) is 31.5 Å². The highest BCUT2D eigenvalue weighted by Gasteiger charge is 2.30. The second-order valence-corrected chi connectivity index (χ2v) is 4.79. The van der Waals surface area contributed by atoms with E-state index < -0.39 is 5.54 Å². The highest BCUT2D eigenvalue weighted by molar-refractivity contribution is 5.31. The number of hydrogen-bond donors (Lipinski definition) is 1. The molecule has 0 amide bonds. The number of piperidine rings is 1. The molecule has 1 unspecified atom stereocenters. The van der Waals surface area contributed by atoms with E-state index in [0.29, 0.717) is 6.54 Å². The topological polar surface area (TPSA) is 53.1 Å². The largest absolute Gasteiger partial charge is 0.309 e. The van der Waals surface area contributed by atoms with E-state index in [1.165, 1.54) is 19.3 Å². The molecule has 0 aliphatic carbocycles. The fourth-order valence-electron chi connectivity index (χ4n) is 2.40. The van der Waals surface area contributed by atoms with Gasteiger partial charge >= 0.3 is 0 Å². The van der Waals surface area contributed by atoms with Crippen LogP contribution in [0.1, 0.15) is 24.8 Å². The fraction of sp³-hybridized carbons (Fsp3) is 0.500. The first-order chi connectivity index (χ1) is 8.24. The molecule has 3 heteroatoms. The quantitative estimate of drug-likeness (QED) is 0.860. The van der Waals surface area contributed by atoms with Gasteiger partial charge in [-0.3, -0.25) is 0 Å².